The van der Waals surface area contributed by atoms with Gasteiger partial charge in [0.25, 0.3) is 0 Å². The Hall–Kier alpha value is -0.450. The van der Waals surface area contributed by atoms with E-state index in [1.807, 2.05) is 6.07 Å². The fraction of sp³-hybridized carbons (Fsp3) is 0.571. The summed E-state index contributed by atoms with van der Waals surface area (Å²) < 4.78 is 1.19. The standard InChI is InChI=1S/C14H21IN2/c1-2-14(7-3-4-8-14)10-17-13-6-5-11(15)9-12(13)16/h5-6,9,17H,2-4,7-8,10,16H2,1H3. The Morgan fingerprint density at radius 1 is 1.35 bits per heavy atom. The molecule has 1 aromatic carbocycles. The first kappa shape index (κ1) is 13.0. The zero-order valence-electron chi connectivity index (χ0n) is 10.4. The van der Waals surface area contributed by atoms with Crippen LogP contribution in [0.5, 0.6) is 0 Å². The fourth-order valence-electron chi connectivity index (χ4n) is 2.76. The van der Waals surface area contributed by atoms with E-state index in [9.17, 15) is 0 Å². The maximum atomic E-state index is 6.02. The van der Waals surface area contributed by atoms with Gasteiger partial charge < -0.3 is 11.1 Å². The highest BCUT2D eigenvalue weighted by atomic mass is 127. The van der Waals surface area contributed by atoms with Crippen molar-refractivity contribution in [2.24, 2.45) is 5.41 Å². The Bertz CT molecular complexity index is 384. The van der Waals surface area contributed by atoms with Crippen LogP contribution < -0.4 is 11.1 Å². The average molecular weight is 344 g/mol. The van der Waals surface area contributed by atoms with Crippen molar-refractivity contribution in [2.75, 3.05) is 17.6 Å². The van der Waals surface area contributed by atoms with Crippen LogP contribution in [0, 0.1) is 8.99 Å². The molecule has 1 aromatic rings. The topological polar surface area (TPSA) is 38.0 Å². The van der Waals surface area contributed by atoms with Crippen molar-refractivity contribution in [3.8, 4) is 0 Å². The van der Waals surface area contributed by atoms with Crippen LogP contribution in [-0.4, -0.2) is 6.54 Å². The maximum Gasteiger partial charge on any atom is 0.0574 e. The van der Waals surface area contributed by atoms with E-state index in [0.717, 1.165) is 17.9 Å². The summed E-state index contributed by atoms with van der Waals surface area (Å²) in [6, 6.07) is 6.22. The largest absolute Gasteiger partial charge is 0.397 e. The molecule has 1 saturated carbocycles. The SMILES string of the molecule is CCC1(CNc2ccc(I)cc2N)CCCC1. The van der Waals surface area contributed by atoms with Crippen molar-refractivity contribution in [3.63, 3.8) is 0 Å². The molecule has 0 amide bonds. The molecule has 0 unspecified atom stereocenters. The minimum atomic E-state index is 0.509. The molecule has 1 aliphatic rings. The molecule has 1 fully saturated rings. The van der Waals surface area contributed by atoms with Gasteiger partial charge in [-0.1, -0.05) is 19.8 Å². The van der Waals surface area contributed by atoms with E-state index in [4.69, 9.17) is 5.73 Å². The van der Waals surface area contributed by atoms with E-state index < -0.39 is 0 Å². The van der Waals surface area contributed by atoms with Gasteiger partial charge in [0, 0.05) is 10.1 Å². The lowest BCUT2D eigenvalue weighted by Gasteiger charge is -2.28. The summed E-state index contributed by atoms with van der Waals surface area (Å²) in [7, 11) is 0. The normalized spacial score (nSPS) is 18.2. The van der Waals surface area contributed by atoms with Crippen LogP contribution in [0.15, 0.2) is 18.2 Å². The summed E-state index contributed by atoms with van der Waals surface area (Å²) in [6.07, 6.45) is 6.77. The molecule has 0 aliphatic heterocycles. The quantitative estimate of drug-likeness (QED) is 0.633. The van der Waals surface area contributed by atoms with Gasteiger partial charge in [-0.3, -0.25) is 0 Å². The van der Waals surface area contributed by atoms with Gasteiger partial charge in [-0.05, 0) is 65.5 Å². The van der Waals surface area contributed by atoms with Crippen molar-refractivity contribution in [3.05, 3.63) is 21.8 Å². The third-order valence-corrected chi connectivity index (χ3v) is 4.75. The molecule has 0 heterocycles. The van der Waals surface area contributed by atoms with Crippen LogP contribution in [0.2, 0.25) is 0 Å². The van der Waals surface area contributed by atoms with Gasteiger partial charge in [0.2, 0.25) is 0 Å². The van der Waals surface area contributed by atoms with Gasteiger partial charge >= 0.3 is 0 Å². The average Bonchev–Trinajstić information content (AvgIpc) is 2.77. The minimum absolute atomic E-state index is 0.509. The van der Waals surface area contributed by atoms with E-state index in [0.29, 0.717) is 5.41 Å². The molecule has 3 heteroatoms. The zero-order valence-corrected chi connectivity index (χ0v) is 12.6. The fourth-order valence-corrected chi connectivity index (χ4v) is 3.27. The molecule has 0 spiro atoms. The molecule has 1 aliphatic carbocycles. The minimum Gasteiger partial charge on any atom is -0.397 e. The number of nitrogens with two attached hydrogens (primary N) is 1. The molecule has 3 N–H and O–H groups in total. The maximum absolute atomic E-state index is 6.02. The van der Waals surface area contributed by atoms with Crippen LogP contribution in [0.25, 0.3) is 0 Å². The predicted octanol–water partition coefficient (Wildman–Crippen LogP) is 4.26. The highest BCUT2D eigenvalue weighted by Crippen LogP contribution is 2.41. The third kappa shape index (κ3) is 3.06. The van der Waals surface area contributed by atoms with Crippen molar-refractivity contribution in [2.45, 2.75) is 39.0 Å². The molecule has 0 bridgehead atoms. The molecule has 17 heavy (non-hydrogen) atoms. The molecular formula is C14H21IN2. The predicted molar refractivity (Wildman–Crippen MR) is 83.3 cm³/mol. The Morgan fingerprint density at radius 2 is 2.06 bits per heavy atom. The zero-order chi connectivity index (χ0) is 12.3. The molecule has 2 rings (SSSR count). The first-order valence-corrected chi connectivity index (χ1v) is 7.52. The number of rotatable bonds is 4. The van der Waals surface area contributed by atoms with Gasteiger partial charge in [-0.15, -0.1) is 0 Å². The number of hydrogen-bond donors (Lipinski definition) is 2. The van der Waals surface area contributed by atoms with Gasteiger partial charge in [0.15, 0.2) is 0 Å². The lowest BCUT2D eigenvalue weighted by molar-refractivity contribution is 0.307. The van der Waals surface area contributed by atoms with E-state index in [2.05, 4.69) is 47.0 Å². The number of halogens is 1. The first-order valence-electron chi connectivity index (χ1n) is 6.44. The summed E-state index contributed by atoms with van der Waals surface area (Å²) in [5, 5.41) is 3.55. The van der Waals surface area contributed by atoms with Crippen molar-refractivity contribution in [1.82, 2.24) is 0 Å². The van der Waals surface area contributed by atoms with Gasteiger partial charge in [-0.25, -0.2) is 0 Å². The second-order valence-corrected chi connectivity index (χ2v) is 6.39. The Balaban J connectivity index is 2.01. The summed E-state index contributed by atoms with van der Waals surface area (Å²) >= 11 is 2.29. The van der Waals surface area contributed by atoms with Gasteiger partial charge in [-0.2, -0.15) is 0 Å². The lowest BCUT2D eigenvalue weighted by atomic mass is 9.83. The lowest BCUT2D eigenvalue weighted by Crippen LogP contribution is -2.26. The van der Waals surface area contributed by atoms with Gasteiger partial charge in [0.05, 0.1) is 11.4 Å². The number of nitrogen functional groups attached to an aromatic ring is 1. The second kappa shape index (κ2) is 5.46. The molecule has 2 nitrogen and oxygen atoms in total. The van der Waals surface area contributed by atoms with Crippen LogP contribution >= 0.6 is 22.6 Å². The van der Waals surface area contributed by atoms with Crippen molar-refractivity contribution >= 4 is 34.0 Å². The highest BCUT2D eigenvalue weighted by molar-refractivity contribution is 14.1. The molecule has 94 valence electrons. The number of anilines is 2. The number of hydrogen-bond acceptors (Lipinski definition) is 2. The Morgan fingerprint density at radius 3 is 2.65 bits per heavy atom. The van der Waals surface area contributed by atoms with Crippen molar-refractivity contribution < 1.29 is 0 Å². The summed E-state index contributed by atoms with van der Waals surface area (Å²) in [4.78, 5) is 0. The second-order valence-electron chi connectivity index (χ2n) is 5.15. The number of benzene rings is 1. The monoisotopic (exact) mass is 344 g/mol. The molecular weight excluding hydrogens is 323 g/mol. The summed E-state index contributed by atoms with van der Waals surface area (Å²) in [5.74, 6) is 0. The Kier molecular flexibility index (Phi) is 4.17. The van der Waals surface area contributed by atoms with E-state index in [1.54, 1.807) is 0 Å². The van der Waals surface area contributed by atoms with Crippen LogP contribution in [0.1, 0.15) is 39.0 Å². The first-order chi connectivity index (χ1) is 8.15. The molecule has 0 aromatic heterocycles. The van der Waals surface area contributed by atoms with Crippen LogP contribution in [0.4, 0.5) is 11.4 Å². The summed E-state index contributed by atoms with van der Waals surface area (Å²) in [5.41, 5.74) is 8.48. The van der Waals surface area contributed by atoms with Crippen LogP contribution in [-0.2, 0) is 0 Å². The molecule has 0 radical (unpaired) electrons. The van der Waals surface area contributed by atoms with E-state index in [-0.39, 0.29) is 0 Å². The summed E-state index contributed by atoms with van der Waals surface area (Å²) in [6.45, 7) is 3.37. The smallest absolute Gasteiger partial charge is 0.0574 e. The number of nitrogens with one attached hydrogen (secondary N) is 1. The van der Waals surface area contributed by atoms with E-state index in [1.165, 1.54) is 35.7 Å². The molecule has 0 atom stereocenters. The van der Waals surface area contributed by atoms with Crippen LogP contribution in [0.3, 0.4) is 0 Å². The highest BCUT2D eigenvalue weighted by Gasteiger charge is 2.31. The molecule has 0 saturated heterocycles. The van der Waals surface area contributed by atoms with Gasteiger partial charge in [0.1, 0.15) is 0 Å². The van der Waals surface area contributed by atoms with E-state index >= 15 is 0 Å². The van der Waals surface area contributed by atoms with Crippen molar-refractivity contribution in [1.29, 1.82) is 0 Å². The third-order valence-electron chi connectivity index (χ3n) is 4.08. The Labute approximate surface area is 117 Å².